The average molecular weight is 293 g/mol. The molecule has 7 heteroatoms. The minimum absolute atomic E-state index is 0.115. The molecule has 1 amide bonds. The molecule has 1 atom stereocenters. The van der Waals surface area contributed by atoms with Crippen molar-refractivity contribution in [2.45, 2.75) is 25.7 Å². The normalized spacial score (nSPS) is 18.2. The molecule has 1 aromatic carbocycles. The number of phenolic OH excluding ortho intramolecular Hbond substituents is 1. The number of hydrogen-bond donors (Lipinski definition) is 3. The number of carbonyl (C=O) groups is 1. The van der Waals surface area contributed by atoms with Crippen molar-refractivity contribution in [1.29, 1.82) is 0 Å². The lowest BCUT2D eigenvalue weighted by Crippen LogP contribution is -2.30. The standard InChI is InChI=1S/C14H19N3O4/c18-11-4-5-12(13(8-11)17(20)21)16-14(19)6-3-10-2-1-7-15-9-10/h4-5,8,10,15,18H,1-3,6-7,9H2,(H,16,19). The van der Waals surface area contributed by atoms with Gasteiger partial charge in [-0.25, -0.2) is 0 Å². The molecule has 7 nitrogen and oxygen atoms in total. The molecule has 0 radical (unpaired) electrons. The quantitative estimate of drug-likeness (QED) is 0.437. The van der Waals surface area contributed by atoms with Crippen LogP contribution >= 0.6 is 0 Å². The molecule has 1 aliphatic heterocycles. The molecule has 2 rings (SSSR count). The number of piperidine rings is 1. The molecular weight excluding hydrogens is 274 g/mol. The zero-order valence-corrected chi connectivity index (χ0v) is 11.7. The highest BCUT2D eigenvalue weighted by molar-refractivity contribution is 5.93. The van der Waals surface area contributed by atoms with Crippen molar-refractivity contribution in [3.63, 3.8) is 0 Å². The monoisotopic (exact) mass is 293 g/mol. The molecule has 21 heavy (non-hydrogen) atoms. The van der Waals surface area contributed by atoms with Crippen molar-refractivity contribution in [1.82, 2.24) is 5.32 Å². The summed E-state index contributed by atoms with van der Waals surface area (Å²) >= 11 is 0. The molecule has 0 bridgehead atoms. The fourth-order valence-corrected chi connectivity index (χ4v) is 2.50. The second-order valence-electron chi connectivity index (χ2n) is 5.26. The summed E-state index contributed by atoms with van der Waals surface area (Å²) in [6.07, 6.45) is 3.34. The summed E-state index contributed by atoms with van der Waals surface area (Å²) in [5.74, 6) is 0.0432. The number of nitro benzene ring substituents is 1. The predicted molar refractivity (Wildman–Crippen MR) is 78.2 cm³/mol. The summed E-state index contributed by atoms with van der Waals surface area (Å²) in [6.45, 7) is 1.95. The summed E-state index contributed by atoms with van der Waals surface area (Å²) in [5, 5.41) is 26.0. The van der Waals surface area contributed by atoms with Crippen LogP contribution in [0.25, 0.3) is 0 Å². The molecule has 0 aromatic heterocycles. The molecule has 1 fully saturated rings. The zero-order valence-electron chi connectivity index (χ0n) is 11.7. The van der Waals surface area contributed by atoms with Crippen LogP contribution in [0.5, 0.6) is 5.75 Å². The van der Waals surface area contributed by atoms with Crippen LogP contribution in [-0.2, 0) is 4.79 Å². The van der Waals surface area contributed by atoms with Crippen LogP contribution in [-0.4, -0.2) is 29.0 Å². The Balaban J connectivity index is 1.91. The number of benzene rings is 1. The minimum atomic E-state index is -0.625. The van der Waals surface area contributed by atoms with Crippen molar-refractivity contribution in [3.05, 3.63) is 28.3 Å². The summed E-state index contributed by atoms with van der Waals surface area (Å²) in [4.78, 5) is 22.2. The number of phenols is 1. The van der Waals surface area contributed by atoms with Gasteiger partial charge in [0.2, 0.25) is 5.91 Å². The number of nitrogens with one attached hydrogen (secondary N) is 2. The van der Waals surface area contributed by atoms with Gasteiger partial charge in [0, 0.05) is 6.42 Å². The maximum Gasteiger partial charge on any atom is 0.296 e. The first-order valence-electron chi connectivity index (χ1n) is 7.04. The van der Waals surface area contributed by atoms with Crippen molar-refractivity contribution in [2.24, 2.45) is 5.92 Å². The number of nitrogens with zero attached hydrogens (tertiary/aromatic N) is 1. The van der Waals surface area contributed by atoms with Crippen molar-refractivity contribution >= 4 is 17.3 Å². The van der Waals surface area contributed by atoms with Gasteiger partial charge in [0.05, 0.1) is 11.0 Å². The van der Waals surface area contributed by atoms with Crippen molar-refractivity contribution < 1.29 is 14.8 Å². The first-order chi connectivity index (χ1) is 10.1. The maximum absolute atomic E-state index is 11.9. The van der Waals surface area contributed by atoms with Gasteiger partial charge in [0.25, 0.3) is 5.69 Å². The van der Waals surface area contributed by atoms with Crippen LogP contribution in [0.2, 0.25) is 0 Å². The Bertz CT molecular complexity index is 527. The molecule has 1 aliphatic rings. The predicted octanol–water partition coefficient (Wildman–Crippen LogP) is 2.02. The number of hydrogen-bond acceptors (Lipinski definition) is 5. The smallest absolute Gasteiger partial charge is 0.296 e. The highest BCUT2D eigenvalue weighted by Gasteiger charge is 2.18. The molecule has 1 unspecified atom stereocenters. The van der Waals surface area contributed by atoms with Crippen LogP contribution in [0.15, 0.2) is 18.2 Å². The van der Waals surface area contributed by atoms with E-state index in [2.05, 4.69) is 10.6 Å². The Kier molecular flexibility index (Phi) is 5.10. The van der Waals surface area contributed by atoms with Gasteiger partial charge in [-0.2, -0.15) is 0 Å². The van der Waals surface area contributed by atoms with Crippen molar-refractivity contribution in [3.8, 4) is 5.75 Å². The molecule has 0 aliphatic carbocycles. The average Bonchev–Trinajstić information content (AvgIpc) is 2.48. The van der Waals surface area contributed by atoms with Crippen LogP contribution in [0.3, 0.4) is 0 Å². The van der Waals surface area contributed by atoms with Gasteiger partial charge in [-0.15, -0.1) is 0 Å². The summed E-state index contributed by atoms with van der Waals surface area (Å²) in [5.41, 5.74) is -0.188. The van der Waals surface area contributed by atoms with Gasteiger partial charge in [-0.1, -0.05) is 0 Å². The van der Waals surface area contributed by atoms with Crippen LogP contribution < -0.4 is 10.6 Å². The first kappa shape index (κ1) is 15.2. The maximum atomic E-state index is 11.9. The Morgan fingerprint density at radius 2 is 2.33 bits per heavy atom. The molecule has 1 saturated heterocycles. The fraction of sp³-hybridized carbons (Fsp3) is 0.500. The van der Waals surface area contributed by atoms with Crippen LogP contribution in [0, 0.1) is 16.0 Å². The number of anilines is 1. The van der Waals surface area contributed by atoms with E-state index in [0.29, 0.717) is 12.3 Å². The zero-order chi connectivity index (χ0) is 15.2. The van der Waals surface area contributed by atoms with E-state index >= 15 is 0 Å². The van der Waals surface area contributed by atoms with E-state index in [1.807, 2.05) is 0 Å². The highest BCUT2D eigenvalue weighted by atomic mass is 16.6. The lowest BCUT2D eigenvalue weighted by molar-refractivity contribution is -0.384. The molecule has 3 N–H and O–H groups in total. The minimum Gasteiger partial charge on any atom is -0.508 e. The van der Waals surface area contributed by atoms with Gasteiger partial charge in [0.1, 0.15) is 11.4 Å². The van der Waals surface area contributed by atoms with E-state index in [1.54, 1.807) is 0 Å². The summed E-state index contributed by atoms with van der Waals surface area (Å²) < 4.78 is 0. The van der Waals surface area contributed by atoms with Crippen molar-refractivity contribution in [2.75, 3.05) is 18.4 Å². The third-order valence-corrected chi connectivity index (χ3v) is 3.63. The van der Waals surface area contributed by atoms with Gasteiger partial charge in [-0.05, 0) is 50.4 Å². The van der Waals surface area contributed by atoms with Gasteiger partial charge >= 0.3 is 0 Å². The number of carbonyl (C=O) groups excluding carboxylic acids is 1. The molecular formula is C14H19N3O4. The first-order valence-corrected chi connectivity index (χ1v) is 7.04. The lowest BCUT2D eigenvalue weighted by atomic mass is 9.94. The Labute approximate surface area is 122 Å². The largest absolute Gasteiger partial charge is 0.508 e. The third-order valence-electron chi connectivity index (χ3n) is 3.63. The molecule has 0 saturated carbocycles. The van der Waals surface area contributed by atoms with Gasteiger partial charge in [0.15, 0.2) is 0 Å². The van der Waals surface area contributed by atoms with Crippen LogP contribution in [0.1, 0.15) is 25.7 Å². The Morgan fingerprint density at radius 1 is 1.52 bits per heavy atom. The number of amides is 1. The number of rotatable bonds is 5. The van der Waals surface area contributed by atoms with E-state index in [1.165, 1.54) is 12.1 Å². The van der Waals surface area contributed by atoms with E-state index < -0.39 is 4.92 Å². The SMILES string of the molecule is O=C(CCC1CCCNC1)Nc1ccc(O)cc1[N+](=O)[O-]. The summed E-state index contributed by atoms with van der Waals surface area (Å²) in [7, 11) is 0. The third kappa shape index (κ3) is 4.42. The molecule has 1 heterocycles. The molecule has 114 valence electrons. The second-order valence-corrected chi connectivity index (χ2v) is 5.26. The van der Waals surface area contributed by atoms with E-state index in [9.17, 15) is 20.0 Å². The van der Waals surface area contributed by atoms with Crippen LogP contribution in [0.4, 0.5) is 11.4 Å². The fourth-order valence-electron chi connectivity index (χ4n) is 2.50. The molecule has 1 aromatic rings. The van der Waals surface area contributed by atoms with Gasteiger partial charge < -0.3 is 15.7 Å². The van der Waals surface area contributed by atoms with E-state index in [-0.39, 0.29) is 23.0 Å². The summed E-state index contributed by atoms with van der Waals surface area (Å²) in [6, 6.07) is 3.68. The highest BCUT2D eigenvalue weighted by Crippen LogP contribution is 2.28. The number of nitro groups is 1. The van der Waals surface area contributed by atoms with E-state index in [4.69, 9.17) is 0 Å². The molecule has 0 spiro atoms. The second kappa shape index (κ2) is 7.03. The Morgan fingerprint density at radius 3 is 3.00 bits per heavy atom. The lowest BCUT2D eigenvalue weighted by Gasteiger charge is -2.22. The van der Waals surface area contributed by atoms with E-state index in [0.717, 1.165) is 38.4 Å². The topological polar surface area (TPSA) is 104 Å². The Hall–Kier alpha value is -2.15. The van der Waals surface area contributed by atoms with Gasteiger partial charge in [-0.3, -0.25) is 14.9 Å². The number of aromatic hydroxyl groups is 1.